The van der Waals surface area contributed by atoms with Crippen LogP contribution in [0, 0.1) is 6.92 Å². The normalized spacial score (nSPS) is 10.9. The van der Waals surface area contributed by atoms with Crippen LogP contribution in [0.25, 0.3) is 10.2 Å². The summed E-state index contributed by atoms with van der Waals surface area (Å²) in [6.07, 6.45) is 1.96. The zero-order valence-corrected chi connectivity index (χ0v) is 11.6. The van der Waals surface area contributed by atoms with Crippen LogP contribution in [0.5, 0.6) is 0 Å². The fraction of sp³-hybridized carbons (Fsp3) is 0.417. The van der Waals surface area contributed by atoms with E-state index in [2.05, 4.69) is 10.3 Å². The summed E-state index contributed by atoms with van der Waals surface area (Å²) >= 11 is 1.21. The van der Waals surface area contributed by atoms with E-state index in [1.54, 1.807) is 14.0 Å². The van der Waals surface area contributed by atoms with E-state index >= 15 is 0 Å². The number of nitrogens with zero attached hydrogens (tertiary/aromatic N) is 2. The summed E-state index contributed by atoms with van der Waals surface area (Å²) in [5, 5.41) is 11.9. The highest BCUT2D eigenvalue weighted by Crippen LogP contribution is 2.26. The molecule has 0 aliphatic rings. The van der Waals surface area contributed by atoms with Gasteiger partial charge in [0.1, 0.15) is 4.83 Å². The largest absolute Gasteiger partial charge is 0.396 e. The number of fused-ring (bicyclic) bond motifs is 1. The van der Waals surface area contributed by atoms with Crippen molar-refractivity contribution in [1.29, 1.82) is 0 Å². The van der Waals surface area contributed by atoms with Crippen molar-refractivity contribution in [1.82, 2.24) is 14.9 Å². The van der Waals surface area contributed by atoms with Gasteiger partial charge in [0.25, 0.3) is 11.5 Å². The van der Waals surface area contributed by atoms with E-state index in [1.807, 2.05) is 0 Å². The Morgan fingerprint density at radius 3 is 3.00 bits per heavy atom. The second kappa shape index (κ2) is 5.50. The highest BCUT2D eigenvalue weighted by molar-refractivity contribution is 7.20. The minimum atomic E-state index is -0.226. The zero-order chi connectivity index (χ0) is 14.0. The number of carbonyl (C=O) groups excluding carboxylic acids is 1. The topological polar surface area (TPSA) is 84.2 Å². The fourth-order valence-electron chi connectivity index (χ4n) is 1.79. The maximum atomic E-state index is 12.0. The van der Waals surface area contributed by atoms with Crippen LogP contribution in [-0.2, 0) is 7.05 Å². The summed E-state index contributed by atoms with van der Waals surface area (Å²) in [7, 11) is 1.63. The first-order valence-corrected chi connectivity index (χ1v) is 6.71. The van der Waals surface area contributed by atoms with Gasteiger partial charge in [-0.15, -0.1) is 11.3 Å². The van der Waals surface area contributed by atoms with Gasteiger partial charge in [-0.1, -0.05) is 0 Å². The summed E-state index contributed by atoms with van der Waals surface area (Å²) in [4.78, 5) is 29.2. The van der Waals surface area contributed by atoms with Gasteiger partial charge < -0.3 is 15.0 Å². The van der Waals surface area contributed by atoms with E-state index in [1.165, 1.54) is 22.2 Å². The number of aliphatic hydroxyl groups is 1. The van der Waals surface area contributed by atoms with Crippen LogP contribution in [0.3, 0.4) is 0 Å². The number of thiophene rings is 1. The van der Waals surface area contributed by atoms with Gasteiger partial charge in [-0.2, -0.15) is 0 Å². The lowest BCUT2D eigenvalue weighted by atomic mass is 10.2. The second-order valence-electron chi connectivity index (χ2n) is 4.23. The molecule has 102 valence electrons. The molecule has 19 heavy (non-hydrogen) atoms. The van der Waals surface area contributed by atoms with Gasteiger partial charge in [0.15, 0.2) is 0 Å². The highest BCUT2D eigenvalue weighted by Gasteiger charge is 2.18. The van der Waals surface area contributed by atoms with Crippen LogP contribution in [0.1, 0.15) is 21.7 Å². The van der Waals surface area contributed by atoms with Crippen molar-refractivity contribution >= 4 is 27.5 Å². The van der Waals surface area contributed by atoms with E-state index < -0.39 is 0 Å². The molecular weight excluding hydrogens is 266 g/mol. The Bertz CT molecular complexity index is 675. The Hall–Kier alpha value is -1.73. The smallest absolute Gasteiger partial charge is 0.262 e. The van der Waals surface area contributed by atoms with Crippen molar-refractivity contribution < 1.29 is 9.90 Å². The molecule has 6 nitrogen and oxygen atoms in total. The van der Waals surface area contributed by atoms with Crippen molar-refractivity contribution in [3.8, 4) is 0 Å². The molecule has 0 spiro atoms. The third-order valence-corrected chi connectivity index (χ3v) is 4.04. The standard InChI is InChI=1S/C12H15N3O3S/c1-7-8-11(14-6-15(2)12(8)18)19-9(7)10(17)13-4-3-5-16/h6,16H,3-5H2,1-2H3,(H,13,17). The first-order valence-electron chi connectivity index (χ1n) is 5.90. The highest BCUT2D eigenvalue weighted by atomic mass is 32.1. The number of hydrogen-bond acceptors (Lipinski definition) is 5. The van der Waals surface area contributed by atoms with Gasteiger partial charge in [0, 0.05) is 20.2 Å². The van der Waals surface area contributed by atoms with E-state index in [0.29, 0.717) is 33.6 Å². The maximum Gasteiger partial charge on any atom is 0.262 e. The van der Waals surface area contributed by atoms with Crippen molar-refractivity contribution in [2.45, 2.75) is 13.3 Å². The monoisotopic (exact) mass is 281 g/mol. The summed E-state index contributed by atoms with van der Waals surface area (Å²) in [6.45, 7) is 2.20. The molecule has 2 aromatic heterocycles. The summed E-state index contributed by atoms with van der Waals surface area (Å²) in [5.41, 5.74) is 0.517. The molecule has 0 saturated carbocycles. The van der Waals surface area contributed by atoms with Crippen LogP contribution in [0.2, 0.25) is 0 Å². The number of amides is 1. The van der Waals surface area contributed by atoms with Crippen LogP contribution in [0.15, 0.2) is 11.1 Å². The van der Waals surface area contributed by atoms with E-state index in [0.717, 1.165) is 0 Å². The SMILES string of the molecule is Cc1c(C(=O)NCCCO)sc2ncn(C)c(=O)c12. The van der Waals surface area contributed by atoms with E-state index in [-0.39, 0.29) is 18.1 Å². The van der Waals surface area contributed by atoms with Gasteiger partial charge in [0.2, 0.25) is 0 Å². The molecule has 0 aromatic carbocycles. The molecule has 7 heteroatoms. The van der Waals surface area contributed by atoms with Crippen LogP contribution in [-0.4, -0.2) is 33.7 Å². The summed E-state index contributed by atoms with van der Waals surface area (Å²) in [5.74, 6) is -0.226. The minimum absolute atomic E-state index is 0.0355. The second-order valence-corrected chi connectivity index (χ2v) is 5.23. The Morgan fingerprint density at radius 1 is 1.58 bits per heavy atom. The number of aryl methyl sites for hydroxylation is 2. The van der Waals surface area contributed by atoms with Gasteiger partial charge in [-0.05, 0) is 18.9 Å². The molecule has 0 unspecified atom stereocenters. The average molecular weight is 281 g/mol. The third-order valence-electron chi connectivity index (χ3n) is 2.84. The predicted molar refractivity (Wildman–Crippen MR) is 73.6 cm³/mol. The molecule has 0 atom stereocenters. The van der Waals surface area contributed by atoms with Crippen LogP contribution < -0.4 is 10.9 Å². The van der Waals surface area contributed by atoms with Crippen LogP contribution >= 0.6 is 11.3 Å². The molecule has 0 aliphatic carbocycles. The number of rotatable bonds is 4. The van der Waals surface area contributed by atoms with Crippen molar-refractivity contribution in [3.63, 3.8) is 0 Å². The van der Waals surface area contributed by atoms with Gasteiger partial charge in [-0.3, -0.25) is 9.59 Å². The first kappa shape index (κ1) is 13.7. The Labute approximate surface area is 113 Å². The number of hydrogen-bond donors (Lipinski definition) is 2. The molecule has 0 bridgehead atoms. The summed E-state index contributed by atoms with van der Waals surface area (Å²) in [6, 6.07) is 0. The lowest BCUT2D eigenvalue weighted by molar-refractivity contribution is 0.0955. The van der Waals surface area contributed by atoms with E-state index in [9.17, 15) is 9.59 Å². The van der Waals surface area contributed by atoms with E-state index in [4.69, 9.17) is 5.11 Å². The maximum absolute atomic E-state index is 12.0. The molecule has 0 fully saturated rings. The Balaban J connectivity index is 2.40. The third kappa shape index (κ3) is 2.52. The predicted octanol–water partition coefficient (Wildman–Crippen LogP) is 0.416. The Kier molecular flexibility index (Phi) is 3.96. The molecular formula is C12H15N3O3S. The number of aromatic nitrogens is 2. The molecule has 1 amide bonds. The van der Waals surface area contributed by atoms with Crippen LogP contribution in [0.4, 0.5) is 0 Å². The van der Waals surface area contributed by atoms with Gasteiger partial charge in [-0.25, -0.2) is 4.98 Å². The molecule has 0 radical (unpaired) electrons. The molecule has 2 heterocycles. The van der Waals surface area contributed by atoms with Crippen molar-refractivity contribution in [3.05, 3.63) is 27.1 Å². The number of aliphatic hydroxyl groups excluding tert-OH is 1. The number of nitrogens with one attached hydrogen (secondary N) is 1. The molecule has 0 saturated heterocycles. The average Bonchev–Trinajstić information content (AvgIpc) is 2.72. The first-order chi connectivity index (χ1) is 9.06. The number of carbonyl (C=O) groups is 1. The molecule has 2 N–H and O–H groups in total. The molecule has 2 rings (SSSR count). The molecule has 0 aliphatic heterocycles. The quantitative estimate of drug-likeness (QED) is 0.795. The lowest BCUT2D eigenvalue weighted by Gasteiger charge is -2.02. The summed E-state index contributed by atoms with van der Waals surface area (Å²) < 4.78 is 1.40. The van der Waals surface area contributed by atoms with Gasteiger partial charge in [0.05, 0.1) is 16.6 Å². The van der Waals surface area contributed by atoms with Crippen molar-refractivity contribution in [2.24, 2.45) is 7.05 Å². The van der Waals surface area contributed by atoms with Crippen molar-refractivity contribution in [2.75, 3.05) is 13.2 Å². The minimum Gasteiger partial charge on any atom is -0.396 e. The molecule has 2 aromatic rings. The Morgan fingerprint density at radius 2 is 2.32 bits per heavy atom. The van der Waals surface area contributed by atoms with Gasteiger partial charge >= 0.3 is 0 Å². The lowest BCUT2D eigenvalue weighted by Crippen LogP contribution is -2.25. The zero-order valence-electron chi connectivity index (χ0n) is 10.8. The fourth-order valence-corrected chi connectivity index (χ4v) is 2.84.